The van der Waals surface area contributed by atoms with Gasteiger partial charge in [-0.3, -0.25) is 4.79 Å². The number of amides is 1. The third-order valence-corrected chi connectivity index (χ3v) is 8.00. The van der Waals surface area contributed by atoms with Gasteiger partial charge >= 0.3 is 0 Å². The maximum absolute atomic E-state index is 12.7. The number of nitrogens with one attached hydrogen (secondary N) is 1. The van der Waals surface area contributed by atoms with E-state index in [2.05, 4.69) is 52.3 Å². The van der Waals surface area contributed by atoms with E-state index < -0.39 is 0 Å². The van der Waals surface area contributed by atoms with Crippen LogP contribution in [0.3, 0.4) is 0 Å². The maximum atomic E-state index is 12.7. The van der Waals surface area contributed by atoms with E-state index in [0.717, 1.165) is 18.5 Å². The average Bonchev–Trinajstić information content (AvgIpc) is 2.85. The molecule has 0 saturated carbocycles. The number of aromatic hydroxyl groups is 2. The lowest BCUT2D eigenvalue weighted by Crippen LogP contribution is -2.47. The standard InChI is InChI=1S/C35H63N3O3/c1-10-11-12-13-14-15-16-17-18-19-20-21-22-23-24-38(8,9)27-31(39)37-36-26-28-29(34(2,3)4)25-30(35(5,6)7)33(41)32(28)40/h25-26H,10-24,27H2,1-9H3,(H2-,36,37,39,40,41)/p+1. The number of benzene rings is 1. The fraction of sp³-hybridized carbons (Fsp3) is 0.771. The Balaban J connectivity index is 2.43. The molecule has 6 heteroatoms. The molecule has 0 heterocycles. The molecule has 0 spiro atoms. The van der Waals surface area contributed by atoms with E-state index in [1.807, 2.05) is 26.8 Å². The van der Waals surface area contributed by atoms with E-state index in [9.17, 15) is 15.0 Å². The topological polar surface area (TPSA) is 81.9 Å². The molecule has 1 rings (SSSR count). The lowest BCUT2D eigenvalue weighted by atomic mass is 9.77. The normalized spacial score (nSPS) is 12.8. The van der Waals surface area contributed by atoms with Gasteiger partial charge in [-0.2, -0.15) is 5.10 Å². The van der Waals surface area contributed by atoms with Crippen molar-refractivity contribution in [2.45, 2.75) is 149 Å². The second-order valence-corrected chi connectivity index (χ2v) is 14.8. The quantitative estimate of drug-likeness (QED) is 0.0508. The van der Waals surface area contributed by atoms with Crippen molar-refractivity contribution in [2.24, 2.45) is 5.10 Å². The fourth-order valence-electron chi connectivity index (χ4n) is 5.40. The van der Waals surface area contributed by atoms with E-state index in [4.69, 9.17) is 0 Å². The van der Waals surface area contributed by atoms with Crippen LogP contribution >= 0.6 is 0 Å². The predicted molar refractivity (Wildman–Crippen MR) is 175 cm³/mol. The van der Waals surface area contributed by atoms with Crippen LogP contribution in [-0.2, 0) is 15.6 Å². The van der Waals surface area contributed by atoms with E-state index in [0.29, 0.717) is 22.2 Å². The van der Waals surface area contributed by atoms with Crippen molar-refractivity contribution in [3.63, 3.8) is 0 Å². The molecular weight excluding hydrogens is 510 g/mol. The van der Waals surface area contributed by atoms with E-state index >= 15 is 0 Å². The van der Waals surface area contributed by atoms with Gasteiger partial charge in [-0.05, 0) is 29.2 Å². The summed E-state index contributed by atoms with van der Waals surface area (Å²) in [6, 6.07) is 1.94. The number of carbonyl (C=O) groups is 1. The first-order valence-electron chi connectivity index (χ1n) is 16.3. The Hall–Kier alpha value is -2.08. The van der Waals surface area contributed by atoms with Crippen molar-refractivity contribution >= 4 is 12.1 Å². The number of phenolic OH excluding ortho intramolecular Hbond substituents is 2. The second kappa shape index (κ2) is 17.8. The van der Waals surface area contributed by atoms with E-state index in [1.165, 1.54) is 89.7 Å². The van der Waals surface area contributed by atoms with Crippen molar-refractivity contribution in [1.82, 2.24) is 5.43 Å². The minimum absolute atomic E-state index is 0.135. The van der Waals surface area contributed by atoms with Crippen LogP contribution in [0.1, 0.15) is 155 Å². The molecule has 0 radical (unpaired) electrons. The van der Waals surface area contributed by atoms with Gasteiger partial charge in [0, 0.05) is 11.1 Å². The van der Waals surface area contributed by atoms with Crippen LogP contribution in [0, 0.1) is 0 Å². The summed E-state index contributed by atoms with van der Waals surface area (Å²) in [7, 11) is 4.16. The Bertz CT molecular complexity index is 939. The van der Waals surface area contributed by atoms with Crippen molar-refractivity contribution in [2.75, 3.05) is 27.2 Å². The van der Waals surface area contributed by atoms with Gasteiger partial charge in [0.05, 0.1) is 26.9 Å². The number of hydrazone groups is 1. The summed E-state index contributed by atoms with van der Waals surface area (Å²) in [5.41, 5.74) is 3.99. The molecule has 0 aromatic heterocycles. The van der Waals surface area contributed by atoms with E-state index in [-0.39, 0.29) is 28.2 Å². The molecule has 1 amide bonds. The first kappa shape index (κ1) is 36.9. The van der Waals surface area contributed by atoms with Crippen LogP contribution in [0.2, 0.25) is 0 Å². The molecule has 3 N–H and O–H groups in total. The molecule has 0 atom stereocenters. The van der Waals surface area contributed by atoms with Gasteiger partial charge in [0.25, 0.3) is 5.91 Å². The highest BCUT2D eigenvalue weighted by Gasteiger charge is 2.28. The van der Waals surface area contributed by atoms with Gasteiger partial charge < -0.3 is 14.7 Å². The number of rotatable bonds is 19. The van der Waals surface area contributed by atoms with Crippen LogP contribution in [-0.4, -0.2) is 54.0 Å². The Morgan fingerprint density at radius 1 is 0.756 bits per heavy atom. The minimum Gasteiger partial charge on any atom is -0.504 e. The van der Waals surface area contributed by atoms with Crippen LogP contribution < -0.4 is 5.43 Å². The summed E-state index contributed by atoms with van der Waals surface area (Å²) in [6.07, 6.45) is 20.2. The zero-order valence-electron chi connectivity index (χ0n) is 28.2. The van der Waals surface area contributed by atoms with Gasteiger partial charge in [0.1, 0.15) is 0 Å². The highest BCUT2D eigenvalue weighted by Crippen LogP contribution is 2.43. The van der Waals surface area contributed by atoms with Crippen molar-refractivity contribution in [3.8, 4) is 11.5 Å². The molecule has 236 valence electrons. The van der Waals surface area contributed by atoms with Gasteiger partial charge in [-0.25, -0.2) is 5.43 Å². The van der Waals surface area contributed by atoms with Gasteiger partial charge in [-0.15, -0.1) is 0 Å². The molecule has 0 fully saturated rings. The number of unbranched alkanes of at least 4 members (excludes halogenated alkanes) is 13. The third kappa shape index (κ3) is 14.6. The number of carbonyl (C=O) groups excluding carboxylic acids is 1. The molecule has 1 aromatic carbocycles. The smallest absolute Gasteiger partial charge is 0.295 e. The Kier molecular flexibility index (Phi) is 16.0. The summed E-state index contributed by atoms with van der Waals surface area (Å²) >= 11 is 0. The summed E-state index contributed by atoms with van der Waals surface area (Å²) < 4.78 is 0.610. The molecule has 0 aliphatic heterocycles. The zero-order chi connectivity index (χ0) is 31.1. The monoisotopic (exact) mass is 574 g/mol. The Morgan fingerprint density at radius 2 is 1.20 bits per heavy atom. The number of phenols is 2. The van der Waals surface area contributed by atoms with Crippen LogP contribution in [0.15, 0.2) is 11.2 Å². The first-order chi connectivity index (χ1) is 19.1. The molecule has 0 aliphatic carbocycles. The van der Waals surface area contributed by atoms with Crippen LogP contribution in [0.5, 0.6) is 11.5 Å². The van der Waals surface area contributed by atoms with Crippen LogP contribution in [0.4, 0.5) is 0 Å². The lowest BCUT2D eigenvalue weighted by molar-refractivity contribution is -0.882. The van der Waals surface area contributed by atoms with Gasteiger partial charge in [-0.1, -0.05) is 132 Å². The molecule has 0 saturated heterocycles. The fourth-order valence-corrected chi connectivity index (χ4v) is 5.40. The SMILES string of the molecule is CCCCCCCCCCCCCCCC[N+](C)(C)CC(=O)NN=Cc1c(C(C)(C)C)cc(C(C)(C)C)c(O)c1O. The average molecular weight is 575 g/mol. The Labute approximate surface area is 252 Å². The number of quaternary nitrogens is 1. The lowest BCUT2D eigenvalue weighted by Gasteiger charge is -2.29. The summed E-state index contributed by atoms with van der Waals surface area (Å²) in [5.74, 6) is -0.498. The second-order valence-electron chi connectivity index (χ2n) is 14.8. The minimum atomic E-state index is -0.331. The molecule has 0 bridgehead atoms. The summed E-state index contributed by atoms with van der Waals surface area (Å²) in [5, 5.41) is 25.7. The number of hydrogen-bond donors (Lipinski definition) is 3. The first-order valence-corrected chi connectivity index (χ1v) is 16.3. The summed E-state index contributed by atoms with van der Waals surface area (Å²) in [6.45, 7) is 15.7. The molecule has 0 aliphatic rings. The zero-order valence-corrected chi connectivity index (χ0v) is 28.2. The molecule has 41 heavy (non-hydrogen) atoms. The van der Waals surface area contributed by atoms with Crippen molar-refractivity contribution < 1.29 is 19.5 Å². The highest BCUT2D eigenvalue weighted by molar-refractivity contribution is 5.89. The molecular formula is C35H64N3O3+. The number of hydrogen-bond acceptors (Lipinski definition) is 4. The molecule has 0 unspecified atom stereocenters. The highest BCUT2D eigenvalue weighted by atomic mass is 16.3. The van der Waals surface area contributed by atoms with Gasteiger partial charge in [0.2, 0.25) is 0 Å². The van der Waals surface area contributed by atoms with Gasteiger partial charge in [0.15, 0.2) is 18.0 Å². The van der Waals surface area contributed by atoms with Crippen LogP contribution in [0.25, 0.3) is 0 Å². The molecule has 1 aromatic rings. The van der Waals surface area contributed by atoms with E-state index in [1.54, 1.807) is 0 Å². The number of nitrogens with zero attached hydrogens (tertiary/aromatic N) is 2. The summed E-state index contributed by atoms with van der Waals surface area (Å²) in [4.78, 5) is 12.7. The predicted octanol–water partition coefficient (Wildman–Crippen LogP) is 8.70. The van der Waals surface area contributed by atoms with Crippen molar-refractivity contribution in [1.29, 1.82) is 0 Å². The Morgan fingerprint density at radius 3 is 1.63 bits per heavy atom. The maximum Gasteiger partial charge on any atom is 0.295 e. The van der Waals surface area contributed by atoms with Crippen molar-refractivity contribution in [3.05, 3.63) is 22.8 Å². The largest absolute Gasteiger partial charge is 0.504 e. The number of likely N-dealkylation sites (N-methyl/N-ethyl adjacent to an activating group) is 1. The third-order valence-electron chi connectivity index (χ3n) is 8.00. The molecule has 6 nitrogen and oxygen atoms in total.